The van der Waals surface area contributed by atoms with Crippen molar-refractivity contribution in [2.45, 2.75) is 58.9 Å². The summed E-state index contributed by atoms with van der Waals surface area (Å²) < 4.78 is 0. The molecule has 0 spiro atoms. The molecule has 4 nitrogen and oxygen atoms in total. The van der Waals surface area contributed by atoms with Gasteiger partial charge in [-0.3, -0.25) is 4.79 Å². The first-order valence-corrected chi connectivity index (χ1v) is 9.36. The van der Waals surface area contributed by atoms with Crippen molar-refractivity contribution < 1.29 is 4.79 Å². The number of benzene rings is 1. The number of H-pyrrole nitrogens is 1. The van der Waals surface area contributed by atoms with Gasteiger partial charge in [0.15, 0.2) is 0 Å². The zero-order valence-corrected chi connectivity index (χ0v) is 15.7. The van der Waals surface area contributed by atoms with Crippen LogP contribution in [0.1, 0.15) is 57.6 Å². The van der Waals surface area contributed by atoms with E-state index in [1.54, 1.807) is 6.92 Å². The number of nitrogens with one attached hydrogen (secondary N) is 2. The number of nitrogens with two attached hydrogens (primary N) is 1. The summed E-state index contributed by atoms with van der Waals surface area (Å²) in [5.74, 6) is 0.0729. The molecular weight excluding hydrogens is 310 g/mol. The SMILES string of the molecule is CCC(CC)NC(C)=O.NCC/C=C1\CCc2c[nH]c3cccc1c23. The van der Waals surface area contributed by atoms with Crippen molar-refractivity contribution in [1.29, 1.82) is 0 Å². The lowest BCUT2D eigenvalue weighted by Crippen LogP contribution is -2.31. The molecule has 0 fully saturated rings. The average Bonchev–Trinajstić information content (AvgIpc) is 3.04. The summed E-state index contributed by atoms with van der Waals surface area (Å²) in [6, 6.07) is 6.87. The van der Waals surface area contributed by atoms with E-state index >= 15 is 0 Å². The van der Waals surface area contributed by atoms with Crippen molar-refractivity contribution >= 4 is 22.4 Å². The first kappa shape index (κ1) is 19.3. The van der Waals surface area contributed by atoms with Gasteiger partial charge in [0.05, 0.1) is 0 Å². The molecule has 1 amide bonds. The van der Waals surface area contributed by atoms with Gasteiger partial charge in [-0.25, -0.2) is 0 Å². The minimum absolute atomic E-state index is 0.0729. The van der Waals surface area contributed by atoms with Gasteiger partial charge < -0.3 is 16.0 Å². The molecule has 2 aromatic rings. The second-order valence-electron chi connectivity index (χ2n) is 6.56. The van der Waals surface area contributed by atoms with Gasteiger partial charge in [0.1, 0.15) is 0 Å². The van der Waals surface area contributed by atoms with E-state index in [9.17, 15) is 4.79 Å². The predicted octanol–water partition coefficient (Wildman–Crippen LogP) is 4.16. The normalized spacial score (nSPS) is 14.5. The van der Waals surface area contributed by atoms with E-state index in [-0.39, 0.29) is 5.91 Å². The molecule has 4 heteroatoms. The zero-order valence-electron chi connectivity index (χ0n) is 15.7. The number of hydrogen-bond acceptors (Lipinski definition) is 2. The molecule has 1 heterocycles. The molecule has 1 aliphatic rings. The molecule has 4 N–H and O–H groups in total. The fourth-order valence-electron chi connectivity index (χ4n) is 3.37. The van der Waals surface area contributed by atoms with Crippen LogP contribution in [0.3, 0.4) is 0 Å². The molecule has 1 aromatic carbocycles. The summed E-state index contributed by atoms with van der Waals surface area (Å²) in [7, 11) is 0. The number of amides is 1. The van der Waals surface area contributed by atoms with Gasteiger partial charge in [0, 0.05) is 30.1 Å². The van der Waals surface area contributed by atoms with Gasteiger partial charge >= 0.3 is 0 Å². The Morgan fingerprint density at radius 3 is 2.68 bits per heavy atom. The maximum atomic E-state index is 10.5. The highest BCUT2D eigenvalue weighted by Gasteiger charge is 2.16. The molecule has 0 saturated heterocycles. The third kappa shape index (κ3) is 4.95. The molecule has 136 valence electrons. The Balaban J connectivity index is 0.000000217. The van der Waals surface area contributed by atoms with Crippen LogP contribution in [-0.4, -0.2) is 23.5 Å². The van der Waals surface area contributed by atoms with Gasteiger partial charge in [-0.05, 0) is 61.4 Å². The van der Waals surface area contributed by atoms with Crippen LogP contribution in [-0.2, 0) is 11.2 Å². The highest BCUT2D eigenvalue weighted by Crippen LogP contribution is 2.35. The summed E-state index contributed by atoms with van der Waals surface area (Å²) in [5, 5.41) is 4.25. The van der Waals surface area contributed by atoms with E-state index in [1.807, 2.05) is 0 Å². The summed E-state index contributed by atoms with van der Waals surface area (Å²) in [5.41, 5.74) is 11.1. The van der Waals surface area contributed by atoms with E-state index in [0.29, 0.717) is 6.04 Å². The largest absolute Gasteiger partial charge is 0.361 e. The second kappa shape index (κ2) is 9.42. The van der Waals surface area contributed by atoms with E-state index < -0.39 is 0 Å². The quantitative estimate of drug-likeness (QED) is 0.764. The Hall–Kier alpha value is -2.07. The van der Waals surface area contributed by atoms with Crippen LogP contribution >= 0.6 is 0 Å². The highest BCUT2D eigenvalue weighted by molar-refractivity contribution is 5.96. The summed E-state index contributed by atoms with van der Waals surface area (Å²) in [6.07, 6.45) is 9.76. The number of allylic oxidation sites excluding steroid dienone is 1. The van der Waals surface area contributed by atoms with Crippen LogP contribution in [0.4, 0.5) is 0 Å². The zero-order chi connectivity index (χ0) is 18.2. The fourth-order valence-corrected chi connectivity index (χ4v) is 3.37. The number of carbonyl (C=O) groups is 1. The number of carbonyl (C=O) groups excluding carboxylic acids is 1. The Labute approximate surface area is 150 Å². The lowest BCUT2D eigenvalue weighted by atomic mass is 9.88. The van der Waals surface area contributed by atoms with Crippen molar-refractivity contribution in [3.63, 3.8) is 0 Å². The smallest absolute Gasteiger partial charge is 0.217 e. The van der Waals surface area contributed by atoms with E-state index in [1.165, 1.54) is 27.6 Å². The molecular formula is C21H31N3O. The lowest BCUT2D eigenvalue weighted by Gasteiger charge is -2.16. The van der Waals surface area contributed by atoms with Crippen LogP contribution in [0.25, 0.3) is 16.5 Å². The number of hydrogen-bond donors (Lipinski definition) is 3. The predicted molar refractivity (Wildman–Crippen MR) is 106 cm³/mol. The van der Waals surface area contributed by atoms with Crippen molar-refractivity contribution in [3.8, 4) is 0 Å². The molecule has 0 saturated carbocycles. The average molecular weight is 341 g/mol. The molecule has 1 aliphatic carbocycles. The standard InChI is InChI=1S/C14H16N2.C7H15NO/c15-8-2-3-10-6-7-11-9-16-13-5-1-4-12(10)14(11)13;1-4-7(5-2)8-6(3)9/h1,3-5,9,16H,2,6-8,15H2;7H,4-5H2,1-3H3,(H,8,9)/b10-3+;. The minimum atomic E-state index is 0.0729. The van der Waals surface area contributed by atoms with Crippen LogP contribution in [0.5, 0.6) is 0 Å². The Kier molecular flexibility index (Phi) is 7.26. The van der Waals surface area contributed by atoms with Crippen molar-refractivity contribution in [2.75, 3.05) is 6.54 Å². The first-order chi connectivity index (χ1) is 12.1. The van der Waals surface area contributed by atoms with Crippen LogP contribution < -0.4 is 11.1 Å². The van der Waals surface area contributed by atoms with Crippen molar-refractivity contribution in [1.82, 2.24) is 10.3 Å². The van der Waals surface area contributed by atoms with E-state index in [2.05, 4.69) is 54.6 Å². The third-order valence-electron chi connectivity index (χ3n) is 4.75. The van der Waals surface area contributed by atoms with Gasteiger partial charge in [-0.2, -0.15) is 0 Å². The van der Waals surface area contributed by atoms with Crippen molar-refractivity contribution in [3.05, 3.63) is 41.6 Å². The topological polar surface area (TPSA) is 70.9 Å². The molecule has 25 heavy (non-hydrogen) atoms. The van der Waals surface area contributed by atoms with Gasteiger partial charge in [0.25, 0.3) is 0 Å². The Morgan fingerprint density at radius 1 is 1.32 bits per heavy atom. The Bertz CT molecular complexity index is 726. The van der Waals surface area contributed by atoms with E-state index in [0.717, 1.165) is 38.6 Å². The molecule has 0 unspecified atom stereocenters. The number of aromatic nitrogens is 1. The summed E-state index contributed by atoms with van der Waals surface area (Å²) in [4.78, 5) is 13.8. The van der Waals surface area contributed by atoms with E-state index in [4.69, 9.17) is 5.73 Å². The highest BCUT2D eigenvalue weighted by atomic mass is 16.1. The van der Waals surface area contributed by atoms with Crippen LogP contribution in [0.2, 0.25) is 0 Å². The number of rotatable bonds is 5. The van der Waals surface area contributed by atoms with Gasteiger partial charge in [0.2, 0.25) is 5.91 Å². The fraction of sp³-hybridized carbons (Fsp3) is 0.476. The number of aromatic amines is 1. The summed E-state index contributed by atoms with van der Waals surface area (Å²) in [6.45, 7) is 6.44. The molecule has 3 rings (SSSR count). The third-order valence-corrected chi connectivity index (χ3v) is 4.75. The maximum absolute atomic E-state index is 10.5. The molecule has 0 aliphatic heterocycles. The van der Waals surface area contributed by atoms with Crippen LogP contribution in [0, 0.1) is 0 Å². The number of aryl methyl sites for hydroxylation is 1. The molecule has 1 aromatic heterocycles. The van der Waals surface area contributed by atoms with Gasteiger partial charge in [-0.15, -0.1) is 0 Å². The van der Waals surface area contributed by atoms with Crippen molar-refractivity contribution in [2.24, 2.45) is 5.73 Å². The Morgan fingerprint density at radius 2 is 2.08 bits per heavy atom. The lowest BCUT2D eigenvalue weighted by molar-refractivity contribution is -0.119. The molecule has 0 bridgehead atoms. The molecule has 0 atom stereocenters. The minimum Gasteiger partial charge on any atom is -0.361 e. The summed E-state index contributed by atoms with van der Waals surface area (Å²) >= 11 is 0. The maximum Gasteiger partial charge on any atom is 0.217 e. The second-order valence-corrected chi connectivity index (χ2v) is 6.56. The first-order valence-electron chi connectivity index (χ1n) is 9.36. The van der Waals surface area contributed by atoms with Gasteiger partial charge in [-0.1, -0.05) is 32.1 Å². The molecule has 0 radical (unpaired) electrons. The van der Waals surface area contributed by atoms with Crippen LogP contribution in [0.15, 0.2) is 30.5 Å². The monoisotopic (exact) mass is 341 g/mol.